The lowest BCUT2D eigenvalue weighted by atomic mass is 10.1. The Morgan fingerprint density at radius 3 is 2.54 bits per heavy atom. The lowest BCUT2D eigenvalue weighted by Crippen LogP contribution is -2.12. The summed E-state index contributed by atoms with van der Waals surface area (Å²) >= 11 is 0. The number of nitrogens with zero attached hydrogens (tertiary/aromatic N) is 3. The molecule has 2 aromatic rings. The van der Waals surface area contributed by atoms with E-state index in [9.17, 15) is 4.79 Å². The Bertz CT molecular complexity index is 630. The van der Waals surface area contributed by atoms with Gasteiger partial charge in [-0.3, -0.25) is 9.78 Å². The van der Waals surface area contributed by atoms with Crippen LogP contribution in [0, 0.1) is 0 Å². The largest absolute Gasteiger partial charge is 0.477 e. The normalized spacial score (nSPS) is 10.8. The molecule has 0 aliphatic carbocycles. The molecule has 0 N–H and O–H groups in total. The van der Waals surface area contributed by atoms with E-state index < -0.39 is 0 Å². The minimum Gasteiger partial charge on any atom is -0.477 e. The average molecular weight is 327 g/mol. The van der Waals surface area contributed by atoms with Crippen LogP contribution in [-0.4, -0.2) is 47.9 Å². The zero-order chi connectivity index (χ0) is 17.2. The molecule has 2 heterocycles. The van der Waals surface area contributed by atoms with E-state index in [1.54, 1.807) is 42.7 Å². The molecule has 2 rings (SSSR count). The summed E-state index contributed by atoms with van der Waals surface area (Å²) in [5.41, 5.74) is 0.864. The highest BCUT2D eigenvalue weighted by atomic mass is 16.5. The zero-order valence-corrected chi connectivity index (χ0v) is 14.4. The van der Waals surface area contributed by atoms with Crippen molar-refractivity contribution < 1.29 is 9.53 Å². The summed E-state index contributed by atoms with van der Waals surface area (Å²) in [7, 11) is 4.18. The van der Waals surface area contributed by atoms with Gasteiger partial charge in [0.15, 0.2) is 0 Å². The standard InChI is InChI=1S/C19H25N3O2/c1-22(2)14-7-3-4-8-15-24-19-16(10-9-13-21-19)18(23)17-11-5-6-12-20-17/h5-6,9-13H,3-4,7-8,14-15H2,1-2H3. The molecule has 2 aromatic heterocycles. The average Bonchev–Trinajstić information content (AvgIpc) is 2.61. The van der Waals surface area contributed by atoms with Crippen LogP contribution in [0.4, 0.5) is 0 Å². The minimum atomic E-state index is -0.162. The molecule has 0 saturated carbocycles. The van der Waals surface area contributed by atoms with Crippen molar-refractivity contribution in [2.75, 3.05) is 27.2 Å². The molecule has 128 valence electrons. The summed E-state index contributed by atoms with van der Waals surface area (Å²) in [5.74, 6) is 0.228. The molecule has 5 nitrogen and oxygen atoms in total. The molecule has 0 aliphatic rings. The Hall–Kier alpha value is -2.27. The summed E-state index contributed by atoms with van der Waals surface area (Å²) in [6.07, 6.45) is 7.70. The topological polar surface area (TPSA) is 55.3 Å². The van der Waals surface area contributed by atoms with Crippen LogP contribution in [0.25, 0.3) is 0 Å². The molecule has 24 heavy (non-hydrogen) atoms. The molecule has 0 aliphatic heterocycles. The molecule has 0 radical (unpaired) electrons. The highest BCUT2D eigenvalue weighted by molar-refractivity contribution is 6.09. The molecule has 0 fully saturated rings. The van der Waals surface area contributed by atoms with E-state index in [0.717, 1.165) is 19.4 Å². The van der Waals surface area contributed by atoms with Gasteiger partial charge < -0.3 is 9.64 Å². The number of pyridine rings is 2. The second-order valence-electron chi connectivity index (χ2n) is 5.97. The second kappa shape index (κ2) is 9.78. The number of unbranched alkanes of at least 4 members (excludes halogenated alkanes) is 3. The summed E-state index contributed by atoms with van der Waals surface area (Å²) in [4.78, 5) is 23.0. The predicted octanol–water partition coefficient (Wildman–Crippen LogP) is 3.21. The number of ketones is 1. The van der Waals surface area contributed by atoms with E-state index in [2.05, 4.69) is 29.0 Å². The van der Waals surface area contributed by atoms with Crippen molar-refractivity contribution in [1.29, 1.82) is 0 Å². The lowest BCUT2D eigenvalue weighted by molar-refractivity contribution is 0.102. The number of hydrogen-bond donors (Lipinski definition) is 0. The van der Waals surface area contributed by atoms with Crippen LogP contribution < -0.4 is 4.74 Å². The maximum absolute atomic E-state index is 12.5. The third-order valence-electron chi connectivity index (χ3n) is 3.65. The second-order valence-corrected chi connectivity index (χ2v) is 5.97. The highest BCUT2D eigenvalue weighted by Crippen LogP contribution is 2.18. The number of hydrogen-bond acceptors (Lipinski definition) is 5. The van der Waals surface area contributed by atoms with Gasteiger partial charge in [0.2, 0.25) is 11.7 Å². The fourth-order valence-corrected chi connectivity index (χ4v) is 2.37. The molecule has 0 spiro atoms. The van der Waals surface area contributed by atoms with Gasteiger partial charge >= 0.3 is 0 Å². The van der Waals surface area contributed by atoms with Crippen LogP contribution in [0.5, 0.6) is 5.88 Å². The first kappa shape index (κ1) is 18.1. The molecule has 0 atom stereocenters. The molecule has 0 aromatic carbocycles. The molecule has 0 unspecified atom stereocenters. The lowest BCUT2D eigenvalue weighted by Gasteiger charge is -2.10. The van der Waals surface area contributed by atoms with Gasteiger partial charge in [-0.1, -0.05) is 18.9 Å². The van der Waals surface area contributed by atoms with E-state index in [4.69, 9.17) is 4.74 Å². The SMILES string of the molecule is CN(C)CCCCCCOc1ncccc1C(=O)c1ccccn1. The first-order valence-corrected chi connectivity index (χ1v) is 8.37. The van der Waals surface area contributed by atoms with Gasteiger partial charge in [-0.15, -0.1) is 0 Å². The maximum Gasteiger partial charge on any atom is 0.224 e. The smallest absolute Gasteiger partial charge is 0.224 e. The van der Waals surface area contributed by atoms with E-state index in [1.165, 1.54) is 12.8 Å². The zero-order valence-electron chi connectivity index (χ0n) is 14.4. The van der Waals surface area contributed by atoms with Crippen molar-refractivity contribution in [2.45, 2.75) is 25.7 Å². The quantitative estimate of drug-likeness (QED) is 0.495. The Kier molecular flexibility index (Phi) is 7.36. The van der Waals surface area contributed by atoms with Gasteiger partial charge in [-0.2, -0.15) is 0 Å². The fourth-order valence-electron chi connectivity index (χ4n) is 2.37. The molecular weight excluding hydrogens is 302 g/mol. The number of carbonyl (C=O) groups is 1. The summed E-state index contributed by atoms with van der Waals surface area (Å²) < 4.78 is 5.74. The van der Waals surface area contributed by atoms with E-state index in [0.29, 0.717) is 23.7 Å². The molecule has 5 heteroatoms. The number of ether oxygens (including phenoxy) is 1. The van der Waals surface area contributed by atoms with E-state index >= 15 is 0 Å². The van der Waals surface area contributed by atoms with Gasteiger partial charge in [0.25, 0.3) is 0 Å². The monoisotopic (exact) mass is 327 g/mol. The minimum absolute atomic E-state index is 0.162. The van der Waals surface area contributed by atoms with Crippen molar-refractivity contribution >= 4 is 5.78 Å². The number of rotatable bonds is 10. The maximum atomic E-state index is 12.5. The highest BCUT2D eigenvalue weighted by Gasteiger charge is 2.16. The van der Waals surface area contributed by atoms with Crippen LogP contribution in [0.3, 0.4) is 0 Å². The van der Waals surface area contributed by atoms with Crippen molar-refractivity contribution in [3.63, 3.8) is 0 Å². The molecule has 0 saturated heterocycles. The van der Waals surface area contributed by atoms with Gasteiger partial charge in [-0.05, 0) is 57.7 Å². The van der Waals surface area contributed by atoms with Crippen molar-refractivity contribution in [2.24, 2.45) is 0 Å². The van der Waals surface area contributed by atoms with Gasteiger partial charge in [-0.25, -0.2) is 4.98 Å². The molecule has 0 bridgehead atoms. The summed E-state index contributed by atoms with van der Waals surface area (Å²) in [6.45, 7) is 1.69. The Morgan fingerprint density at radius 1 is 1.00 bits per heavy atom. The van der Waals surface area contributed by atoms with Gasteiger partial charge in [0.1, 0.15) is 5.69 Å². The summed E-state index contributed by atoms with van der Waals surface area (Å²) in [6, 6.07) is 8.75. The third kappa shape index (κ3) is 5.74. The van der Waals surface area contributed by atoms with E-state index in [1.807, 2.05) is 0 Å². The first-order chi connectivity index (χ1) is 11.7. The third-order valence-corrected chi connectivity index (χ3v) is 3.65. The van der Waals surface area contributed by atoms with Crippen molar-refractivity contribution in [3.05, 3.63) is 54.0 Å². The van der Waals surface area contributed by atoms with Gasteiger partial charge in [0.05, 0.1) is 12.2 Å². The Labute approximate surface area is 143 Å². The van der Waals surface area contributed by atoms with Crippen molar-refractivity contribution in [3.8, 4) is 5.88 Å². The fraction of sp³-hybridized carbons (Fsp3) is 0.421. The molecular formula is C19H25N3O2. The van der Waals surface area contributed by atoms with Gasteiger partial charge in [0, 0.05) is 12.4 Å². The van der Waals surface area contributed by atoms with Crippen LogP contribution >= 0.6 is 0 Å². The van der Waals surface area contributed by atoms with Crippen LogP contribution in [-0.2, 0) is 0 Å². The number of aromatic nitrogens is 2. The Morgan fingerprint density at radius 2 is 1.79 bits per heavy atom. The van der Waals surface area contributed by atoms with Crippen LogP contribution in [0.2, 0.25) is 0 Å². The first-order valence-electron chi connectivity index (χ1n) is 8.37. The van der Waals surface area contributed by atoms with E-state index in [-0.39, 0.29) is 5.78 Å². The van der Waals surface area contributed by atoms with Crippen LogP contribution in [0.1, 0.15) is 41.7 Å². The molecule has 0 amide bonds. The number of carbonyl (C=O) groups excluding carboxylic acids is 1. The predicted molar refractivity (Wildman–Crippen MR) is 94.4 cm³/mol. The van der Waals surface area contributed by atoms with Crippen molar-refractivity contribution in [1.82, 2.24) is 14.9 Å². The summed E-state index contributed by atoms with van der Waals surface area (Å²) in [5, 5.41) is 0. The Balaban J connectivity index is 1.85. The van der Waals surface area contributed by atoms with Crippen LogP contribution in [0.15, 0.2) is 42.7 Å².